The molecule has 30 heavy (non-hydrogen) atoms. The zero-order chi connectivity index (χ0) is 21.6. The highest BCUT2D eigenvalue weighted by molar-refractivity contribution is 5.72. The van der Waals surface area contributed by atoms with Gasteiger partial charge < -0.3 is 15.0 Å². The monoisotopic (exact) mass is 412 g/mol. The third-order valence-corrected chi connectivity index (χ3v) is 6.53. The molecular formula is C26H40N2O2. The lowest BCUT2D eigenvalue weighted by Gasteiger charge is -2.37. The number of rotatable bonds is 10. The molecule has 1 aliphatic heterocycles. The average molecular weight is 413 g/mol. The topological polar surface area (TPSA) is 41.6 Å². The summed E-state index contributed by atoms with van der Waals surface area (Å²) in [6.45, 7) is 13.5. The van der Waals surface area contributed by atoms with Crippen LogP contribution >= 0.6 is 0 Å². The predicted molar refractivity (Wildman–Crippen MR) is 124 cm³/mol. The zero-order valence-electron chi connectivity index (χ0n) is 19.3. The molecule has 1 N–H and O–H groups in total. The molecule has 166 valence electrons. The Bertz CT molecular complexity index is 705. The maximum atomic E-state index is 11.9. The van der Waals surface area contributed by atoms with Crippen molar-refractivity contribution in [1.82, 2.24) is 10.2 Å². The largest absolute Gasteiger partial charge is 0.466 e. The second kappa shape index (κ2) is 10.6. The number of ether oxygens (including phenoxy) is 1. The maximum absolute atomic E-state index is 11.9. The van der Waals surface area contributed by atoms with E-state index in [0.29, 0.717) is 18.6 Å². The van der Waals surface area contributed by atoms with Crippen LogP contribution in [0.4, 0.5) is 0 Å². The van der Waals surface area contributed by atoms with E-state index in [1.54, 1.807) is 5.57 Å². The number of hydrogen-bond donors (Lipinski definition) is 1. The molecule has 1 saturated heterocycles. The first-order valence-corrected chi connectivity index (χ1v) is 11.8. The summed E-state index contributed by atoms with van der Waals surface area (Å²) < 4.78 is 5.19. The number of esters is 1. The summed E-state index contributed by atoms with van der Waals surface area (Å²) in [5.41, 5.74) is 3.10. The van der Waals surface area contributed by atoms with Crippen molar-refractivity contribution < 1.29 is 9.53 Å². The van der Waals surface area contributed by atoms with Gasteiger partial charge in [-0.15, -0.1) is 0 Å². The highest BCUT2D eigenvalue weighted by atomic mass is 16.5. The van der Waals surface area contributed by atoms with E-state index in [-0.39, 0.29) is 17.3 Å². The van der Waals surface area contributed by atoms with Gasteiger partial charge in [-0.3, -0.25) is 4.79 Å². The van der Waals surface area contributed by atoms with Gasteiger partial charge in [-0.2, -0.15) is 0 Å². The van der Waals surface area contributed by atoms with Gasteiger partial charge in [0.15, 0.2) is 0 Å². The van der Waals surface area contributed by atoms with E-state index in [2.05, 4.69) is 67.4 Å². The third-order valence-electron chi connectivity index (χ3n) is 6.53. The van der Waals surface area contributed by atoms with Crippen molar-refractivity contribution in [1.29, 1.82) is 0 Å². The average Bonchev–Trinajstić information content (AvgIpc) is 3.51. The number of carbonyl (C=O) groups excluding carboxylic acids is 1. The smallest absolute Gasteiger partial charge is 0.309 e. The van der Waals surface area contributed by atoms with Gasteiger partial charge in [0.2, 0.25) is 0 Å². The molecular weight excluding hydrogens is 372 g/mol. The Morgan fingerprint density at radius 3 is 2.53 bits per heavy atom. The summed E-state index contributed by atoms with van der Waals surface area (Å²) in [4.78, 5) is 14.5. The zero-order valence-corrected chi connectivity index (χ0v) is 19.3. The molecule has 2 atom stereocenters. The Kier molecular flexibility index (Phi) is 8.13. The minimum atomic E-state index is -0.00635. The molecule has 1 saturated carbocycles. The SMILES string of the molecule is CCOC(=O)C1CCN(CC(C)(C)CNC2CC2/C(=C/c2ccccc2)CC)CC1. The molecule has 0 amide bonds. The molecule has 1 aliphatic carbocycles. The first kappa shape index (κ1) is 23.0. The molecule has 4 nitrogen and oxygen atoms in total. The molecule has 4 heteroatoms. The number of hydrogen-bond acceptors (Lipinski definition) is 4. The molecule has 3 rings (SSSR count). The molecule has 0 aromatic heterocycles. The quantitative estimate of drug-likeness (QED) is 0.563. The van der Waals surface area contributed by atoms with Gasteiger partial charge in [-0.05, 0) is 62.6 Å². The van der Waals surface area contributed by atoms with Crippen LogP contribution in [0.15, 0.2) is 35.9 Å². The first-order chi connectivity index (χ1) is 14.4. The lowest BCUT2D eigenvalue weighted by Crippen LogP contribution is -2.45. The molecule has 0 radical (unpaired) electrons. The van der Waals surface area contributed by atoms with E-state index < -0.39 is 0 Å². The van der Waals surface area contributed by atoms with E-state index in [9.17, 15) is 4.79 Å². The standard InChI is InChI=1S/C26H40N2O2/c1-5-21(16-20-10-8-7-9-11-20)23-17-24(23)27-18-26(3,4)19-28-14-12-22(13-15-28)25(29)30-6-2/h7-11,16,22-24,27H,5-6,12-15,17-19H2,1-4H3/b21-16+. The van der Waals surface area contributed by atoms with Crippen LogP contribution in [0.1, 0.15) is 58.9 Å². The van der Waals surface area contributed by atoms with Crippen LogP contribution in [0.5, 0.6) is 0 Å². The molecule has 1 aromatic rings. The van der Waals surface area contributed by atoms with Crippen LogP contribution in [-0.2, 0) is 9.53 Å². The third kappa shape index (κ3) is 6.68. The number of piperidine rings is 1. The van der Waals surface area contributed by atoms with Gasteiger partial charge in [-0.1, -0.05) is 62.8 Å². The Morgan fingerprint density at radius 1 is 1.20 bits per heavy atom. The first-order valence-electron chi connectivity index (χ1n) is 11.8. The number of nitrogens with zero attached hydrogens (tertiary/aromatic N) is 1. The van der Waals surface area contributed by atoms with Gasteiger partial charge in [0.25, 0.3) is 0 Å². The van der Waals surface area contributed by atoms with Crippen LogP contribution in [0.25, 0.3) is 6.08 Å². The summed E-state index contributed by atoms with van der Waals surface area (Å²) in [7, 11) is 0. The van der Waals surface area contributed by atoms with Crippen molar-refractivity contribution >= 4 is 12.0 Å². The summed E-state index contributed by atoms with van der Waals surface area (Å²) in [5.74, 6) is 0.776. The molecule has 1 aromatic carbocycles. The number of benzene rings is 1. The molecule has 2 unspecified atom stereocenters. The van der Waals surface area contributed by atoms with Gasteiger partial charge in [0.1, 0.15) is 0 Å². The summed E-state index contributed by atoms with van der Waals surface area (Å²) >= 11 is 0. The minimum Gasteiger partial charge on any atom is -0.466 e. The molecule has 2 aliphatic rings. The Hall–Kier alpha value is -1.65. The second-order valence-corrected chi connectivity index (χ2v) is 9.78. The minimum absolute atomic E-state index is 0.00635. The van der Waals surface area contributed by atoms with E-state index in [1.807, 2.05) is 6.92 Å². The molecule has 2 fully saturated rings. The van der Waals surface area contributed by atoms with E-state index in [0.717, 1.165) is 45.4 Å². The number of nitrogens with one attached hydrogen (secondary N) is 1. The van der Waals surface area contributed by atoms with Crippen LogP contribution in [0.2, 0.25) is 0 Å². The van der Waals surface area contributed by atoms with E-state index >= 15 is 0 Å². The van der Waals surface area contributed by atoms with Crippen LogP contribution < -0.4 is 5.32 Å². The number of likely N-dealkylation sites (tertiary alicyclic amines) is 1. The lowest BCUT2D eigenvalue weighted by molar-refractivity contribution is -0.149. The fraction of sp³-hybridized carbons (Fsp3) is 0.654. The highest BCUT2D eigenvalue weighted by Crippen LogP contribution is 2.40. The maximum Gasteiger partial charge on any atom is 0.309 e. The summed E-state index contributed by atoms with van der Waals surface area (Å²) in [6, 6.07) is 11.3. The van der Waals surface area contributed by atoms with Crippen molar-refractivity contribution in [2.24, 2.45) is 17.3 Å². The van der Waals surface area contributed by atoms with Crippen molar-refractivity contribution in [3.8, 4) is 0 Å². The lowest BCUT2D eigenvalue weighted by atomic mass is 9.90. The summed E-state index contributed by atoms with van der Waals surface area (Å²) in [5, 5.41) is 3.84. The van der Waals surface area contributed by atoms with Crippen molar-refractivity contribution in [2.75, 3.05) is 32.8 Å². The molecule has 0 spiro atoms. The van der Waals surface area contributed by atoms with Gasteiger partial charge in [0.05, 0.1) is 12.5 Å². The van der Waals surface area contributed by atoms with Gasteiger partial charge in [-0.25, -0.2) is 0 Å². The Labute approximate surface area is 183 Å². The Morgan fingerprint density at radius 2 is 1.90 bits per heavy atom. The summed E-state index contributed by atoms with van der Waals surface area (Å²) in [6.07, 6.45) is 6.61. The highest BCUT2D eigenvalue weighted by Gasteiger charge is 2.40. The predicted octanol–water partition coefficient (Wildman–Crippen LogP) is 4.76. The van der Waals surface area contributed by atoms with Gasteiger partial charge >= 0.3 is 5.97 Å². The molecule has 1 heterocycles. The van der Waals surface area contributed by atoms with Crippen molar-refractivity contribution in [3.05, 3.63) is 41.5 Å². The second-order valence-electron chi connectivity index (χ2n) is 9.78. The van der Waals surface area contributed by atoms with Crippen molar-refractivity contribution in [3.63, 3.8) is 0 Å². The van der Waals surface area contributed by atoms with E-state index in [1.165, 1.54) is 12.0 Å². The molecule has 0 bridgehead atoms. The number of carbonyl (C=O) groups is 1. The normalized spacial score (nSPS) is 23.4. The van der Waals surface area contributed by atoms with Crippen LogP contribution in [0, 0.1) is 17.3 Å². The Balaban J connectivity index is 1.41. The van der Waals surface area contributed by atoms with Gasteiger partial charge in [0, 0.05) is 19.1 Å². The van der Waals surface area contributed by atoms with Crippen LogP contribution in [-0.4, -0.2) is 49.7 Å². The fourth-order valence-corrected chi connectivity index (χ4v) is 4.72. The van der Waals surface area contributed by atoms with Crippen LogP contribution in [0.3, 0.4) is 0 Å². The fourth-order valence-electron chi connectivity index (χ4n) is 4.72. The van der Waals surface area contributed by atoms with E-state index in [4.69, 9.17) is 4.74 Å². The van der Waals surface area contributed by atoms with Crippen molar-refractivity contribution in [2.45, 2.75) is 59.4 Å².